The van der Waals surface area contributed by atoms with E-state index in [1.54, 1.807) is 12.1 Å². The van der Waals surface area contributed by atoms with Crippen molar-refractivity contribution in [2.75, 3.05) is 34.2 Å². The van der Waals surface area contributed by atoms with Crippen molar-refractivity contribution in [2.24, 2.45) is 0 Å². The molecule has 0 amide bonds. The maximum Gasteiger partial charge on any atom is 0.240 e. The number of nitrogens with zero attached hydrogens (tertiary/aromatic N) is 1. The van der Waals surface area contributed by atoms with Crippen LogP contribution in [0.3, 0.4) is 0 Å². The van der Waals surface area contributed by atoms with Gasteiger partial charge in [0, 0.05) is 13.1 Å². The van der Waals surface area contributed by atoms with Gasteiger partial charge in [0.25, 0.3) is 0 Å². The van der Waals surface area contributed by atoms with E-state index in [-0.39, 0.29) is 0 Å². The van der Waals surface area contributed by atoms with Crippen molar-refractivity contribution in [3.63, 3.8) is 0 Å². The summed E-state index contributed by atoms with van der Waals surface area (Å²) in [6, 6.07) is 5.26. The van der Waals surface area contributed by atoms with Gasteiger partial charge in [-0.05, 0) is 70.7 Å². The summed E-state index contributed by atoms with van der Waals surface area (Å²) in [6.07, 6.45) is 1.82. The number of unbranched alkanes of at least 4 members (excludes halogenated alkanes) is 1. The van der Waals surface area contributed by atoms with Gasteiger partial charge in [-0.2, -0.15) is 0 Å². The quantitative estimate of drug-likeness (QED) is 0.675. The van der Waals surface area contributed by atoms with Gasteiger partial charge < -0.3 is 10.2 Å². The van der Waals surface area contributed by atoms with Gasteiger partial charge >= 0.3 is 0 Å². The fourth-order valence-electron chi connectivity index (χ4n) is 2.04. The van der Waals surface area contributed by atoms with Crippen molar-refractivity contribution in [1.82, 2.24) is 14.9 Å². The topological polar surface area (TPSA) is 61.4 Å². The Hall–Kier alpha value is -0.950. The molecule has 0 atom stereocenters. The fourth-order valence-corrected chi connectivity index (χ4v) is 3.16. The Bertz CT molecular complexity index is 542. The van der Waals surface area contributed by atoms with Crippen LogP contribution in [0.2, 0.25) is 0 Å². The molecule has 21 heavy (non-hydrogen) atoms. The molecule has 0 aromatic heterocycles. The molecule has 0 radical (unpaired) electrons. The van der Waals surface area contributed by atoms with E-state index in [0.717, 1.165) is 30.5 Å². The number of hydrogen-bond donors (Lipinski definition) is 2. The molecule has 1 aromatic carbocycles. The highest BCUT2D eigenvalue weighted by molar-refractivity contribution is 7.89. The van der Waals surface area contributed by atoms with Crippen LogP contribution >= 0.6 is 0 Å². The lowest BCUT2D eigenvalue weighted by Crippen LogP contribution is -2.26. The highest BCUT2D eigenvalue weighted by Gasteiger charge is 2.14. The third-order valence-electron chi connectivity index (χ3n) is 3.32. The first kappa shape index (κ1) is 18.1. The molecule has 0 bridgehead atoms. The molecule has 1 rings (SSSR count). The van der Waals surface area contributed by atoms with Crippen molar-refractivity contribution < 1.29 is 8.42 Å². The Morgan fingerprint density at radius 2 is 1.90 bits per heavy atom. The van der Waals surface area contributed by atoms with Crippen molar-refractivity contribution in [3.05, 3.63) is 29.3 Å². The molecule has 6 heteroatoms. The molecule has 5 nitrogen and oxygen atoms in total. The Kier molecular flexibility index (Phi) is 7.31. The monoisotopic (exact) mass is 313 g/mol. The number of hydrogen-bond acceptors (Lipinski definition) is 4. The molecule has 0 aliphatic rings. The average molecular weight is 313 g/mol. The summed E-state index contributed by atoms with van der Waals surface area (Å²) in [5, 5.41) is 3.05. The molecule has 0 spiro atoms. The maximum absolute atomic E-state index is 12.3. The van der Waals surface area contributed by atoms with Gasteiger partial charge in [0.15, 0.2) is 0 Å². The van der Waals surface area contributed by atoms with Crippen LogP contribution in [0.4, 0.5) is 0 Å². The minimum absolute atomic E-state index is 0.339. The average Bonchev–Trinajstić information content (AvgIpc) is 2.40. The molecular formula is C15H27N3O2S. The lowest BCUT2D eigenvalue weighted by molar-refractivity contribution is 0.394. The minimum Gasteiger partial charge on any atom is -0.316 e. The summed E-state index contributed by atoms with van der Waals surface area (Å²) in [7, 11) is 2.47. The van der Waals surface area contributed by atoms with E-state index >= 15 is 0 Å². The first-order chi connectivity index (χ1) is 9.86. The summed E-state index contributed by atoms with van der Waals surface area (Å²) in [4.78, 5) is 2.43. The van der Waals surface area contributed by atoms with Crippen molar-refractivity contribution in [2.45, 2.75) is 31.2 Å². The van der Waals surface area contributed by atoms with Crippen molar-refractivity contribution in [3.8, 4) is 0 Å². The Balaban J connectivity index is 2.63. The van der Waals surface area contributed by atoms with E-state index < -0.39 is 10.0 Å². The standard InChI is InChI=1S/C15H27N3O2S/c1-13-7-8-15(11-14(13)12-16-2)21(19,20)17-9-5-6-10-18(3)4/h7-8,11,16-17H,5-6,9-10,12H2,1-4H3. The molecule has 0 heterocycles. The second kappa shape index (κ2) is 8.48. The van der Waals surface area contributed by atoms with E-state index in [1.165, 1.54) is 0 Å². The fraction of sp³-hybridized carbons (Fsp3) is 0.600. The van der Waals surface area contributed by atoms with Gasteiger partial charge in [0.1, 0.15) is 0 Å². The third kappa shape index (κ3) is 6.13. The highest BCUT2D eigenvalue weighted by Crippen LogP contribution is 2.15. The Morgan fingerprint density at radius 3 is 2.52 bits per heavy atom. The van der Waals surface area contributed by atoms with Crippen molar-refractivity contribution in [1.29, 1.82) is 0 Å². The van der Waals surface area contributed by atoms with E-state index in [4.69, 9.17) is 0 Å². The number of benzene rings is 1. The van der Waals surface area contributed by atoms with Gasteiger partial charge in [-0.1, -0.05) is 6.07 Å². The van der Waals surface area contributed by atoms with Crippen LogP contribution in [-0.2, 0) is 16.6 Å². The molecular weight excluding hydrogens is 286 g/mol. The lowest BCUT2D eigenvalue weighted by atomic mass is 10.1. The molecule has 0 unspecified atom stereocenters. The smallest absolute Gasteiger partial charge is 0.240 e. The molecule has 120 valence electrons. The number of aryl methyl sites for hydroxylation is 1. The Morgan fingerprint density at radius 1 is 1.19 bits per heavy atom. The number of rotatable bonds is 9. The zero-order valence-corrected chi connectivity index (χ0v) is 14.3. The maximum atomic E-state index is 12.3. The molecule has 0 aliphatic heterocycles. The van der Waals surface area contributed by atoms with Crippen LogP contribution in [0.5, 0.6) is 0 Å². The largest absolute Gasteiger partial charge is 0.316 e. The summed E-state index contributed by atoms with van der Waals surface area (Å²) >= 11 is 0. The van der Waals surface area contributed by atoms with Gasteiger partial charge in [-0.25, -0.2) is 13.1 Å². The number of nitrogens with one attached hydrogen (secondary N) is 2. The second-order valence-corrected chi connectivity index (χ2v) is 7.29. The molecule has 0 saturated heterocycles. The van der Waals surface area contributed by atoms with Gasteiger partial charge in [0.05, 0.1) is 4.90 Å². The van der Waals surface area contributed by atoms with Gasteiger partial charge in [0.2, 0.25) is 10.0 Å². The van der Waals surface area contributed by atoms with Crippen LogP contribution in [0.25, 0.3) is 0 Å². The molecule has 0 aliphatic carbocycles. The predicted octanol–water partition coefficient (Wildman–Crippen LogP) is 1.33. The van der Waals surface area contributed by atoms with E-state index in [1.807, 2.05) is 34.1 Å². The summed E-state index contributed by atoms with van der Waals surface area (Å²) in [6.45, 7) is 4.10. The van der Waals surface area contributed by atoms with Crippen LogP contribution < -0.4 is 10.0 Å². The minimum atomic E-state index is -3.41. The van der Waals surface area contributed by atoms with Crippen molar-refractivity contribution >= 4 is 10.0 Å². The van der Waals surface area contributed by atoms with Crippen LogP contribution in [0.15, 0.2) is 23.1 Å². The summed E-state index contributed by atoms with van der Waals surface area (Å²) in [5.41, 5.74) is 2.10. The first-order valence-electron chi connectivity index (χ1n) is 7.25. The molecule has 0 fully saturated rings. The van der Waals surface area contributed by atoms with E-state index in [0.29, 0.717) is 18.0 Å². The Labute approximate surface area is 128 Å². The molecule has 0 saturated carbocycles. The lowest BCUT2D eigenvalue weighted by Gasteiger charge is -2.11. The third-order valence-corrected chi connectivity index (χ3v) is 4.78. The first-order valence-corrected chi connectivity index (χ1v) is 8.73. The van der Waals surface area contributed by atoms with Crippen LogP contribution in [0.1, 0.15) is 24.0 Å². The van der Waals surface area contributed by atoms with E-state index in [9.17, 15) is 8.42 Å². The molecule has 2 N–H and O–H groups in total. The van der Waals surface area contributed by atoms with E-state index in [2.05, 4.69) is 14.9 Å². The highest BCUT2D eigenvalue weighted by atomic mass is 32.2. The van der Waals surface area contributed by atoms with Crippen LogP contribution in [0, 0.1) is 6.92 Å². The normalized spacial score (nSPS) is 12.0. The molecule has 1 aromatic rings. The predicted molar refractivity (Wildman–Crippen MR) is 86.9 cm³/mol. The van der Waals surface area contributed by atoms with Gasteiger partial charge in [-0.3, -0.25) is 0 Å². The van der Waals surface area contributed by atoms with Gasteiger partial charge in [-0.15, -0.1) is 0 Å². The van der Waals surface area contributed by atoms with Crippen LogP contribution in [-0.4, -0.2) is 47.6 Å². The SMILES string of the molecule is CNCc1cc(S(=O)(=O)NCCCCN(C)C)ccc1C. The summed E-state index contributed by atoms with van der Waals surface area (Å²) < 4.78 is 27.2. The summed E-state index contributed by atoms with van der Waals surface area (Å²) in [5.74, 6) is 0. The zero-order chi connectivity index (χ0) is 15.9. The number of sulfonamides is 1. The second-order valence-electron chi connectivity index (χ2n) is 5.53. The zero-order valence-electron chi connectivity index (χ0n) is 13.4.